The normalized spacial score (nSPS) is 16.2. The molecule has 1 aliphatic heterocycles. The second-order valence-corrected chi connectivity index (χ2v) is 8.46. The van der Waals surface area contributed by atoms with Gasteiger partial charge in [-0.3, -0.25) is 14.4 Å². The number of benzene rings is 2. The van der Waals surface area contributed by atoms with Gasteiger partial charge in [-0.05, 0) is 61.0 Å². The zero-order chi connectivity index (χ0) is 22.1. The monoisotopic (exact) mass is 425 g/mol. The lowest BCUT2D eigenvalue weighted by Crippen LogP contribution is -2.49. The van der Waals surface area contributed by atoms with Crippen molar-refractivity contribution in [3.63, 3.8) is 0 Å². The van der Waals surface area contributed by atoms with Crippen LogP contribution >= 0.6 is 0 Å². The highest BCUT2D eigenvalue weighted by molar-refractivity contribution is 6.10. The molecule has 0 saturated carbocycles. The van der Waals surface area contributed by atoms with Gasteiger partial charge in [0.05, 0.1) is 12.2 Å². The number of piperidine rings is 1. The summed E-state index contributed by atoms with van der Waals surface area (Å²) in [7, 11) is 1.90. The number of fused-ring (bicyclic) bond motifs is 1. The van der Waals surface area contributed by atoms with E-state index in [4.69, 9.17) is 4.98 Å². The van der Waals surface area contributed by atoms with Crippen molar-refractivity contribution < 1.29 is 4.79 Å². The van der Waals surface area contributed by atoms with Crippen LogP contribution in [-0.2, 0) is 7.05 Å². The van der Waals surface area contributed by atoms with Gasteiger partial charge in [0.25, 0.3) is 5.91 Å². The highest BCUT2D eigenvalue weighted by atomic mass is 16.2. The molecule has 6 nitrogen and oxygen atoms in total. The maximum absolute atomic E-state index is 13.9. The molecule has 1 aliphatic rings. The molecule has 5 rings (SSSR count). The van der Waals surface area contributed by atoms with Crippen LogP contribution in [0.5, 0.6) is 0 Å². The third-order valence-electron chi connectivity index (χ3n) is 6.23. The predicted octanol–water partition coefficient (Wildman–Crippen LogP) is 4.34. The lowest BCUT2D eigenvalue weighted by Gasteiger charge is -2.35. The zero-order valence-corrected chi connectivity index (χ0v) is 18.5. The van der Waals surface area contributed by atoms with Crippen LogP contribution in [0, 0.1) is 6.92 Å². The van der Waals surface area contributed by atoms with Crippen LogP contribution in [0.2, 0.25) is 0 Å². The van der Waals surface area contributed by atoms with Crippen molar-refractivity contribution >= 4 is 22.5 Å². The lowest BCUT2D eigenvalue weighted by molar-refractivity contribution is 0.0972. The van der Waals surface area contributed by atoms with Gasteiger partial charge in [-0.25, -0.2) is 4.98 Å². The van der Waals surface area contributed by atoms with E-state index in [2.05, 4.69) is 29.5 Å². The molecule has 1 N–H and O–H groups in total. The summed E-state index contributed by atoms with van der Waals surface area (Å²) in [5, 5.41) is 9.84. The van der Waals surface area contributed by atoms with E-state index < -0.39 is 0 Å². The topological polar surface area (TPSA) is 63.1 Å². The molecular formula is C26H27N5O. The average molecular weight is 426 g/mol. The van der Waals surface area contributed by atoms with E-state index in [-0.39, 0.29) is 11.9 Å². The quantitative estimate of drug-likeness (QED) is 0.528. The number of hydrogen-bond acceptors (Lipinski definition) is 4. The SMILES string of the molecule is Cc1cccc2ccnc(N(C(=O)c3ccc(-c4cnn(C)c4)cc3)[C@@H]3CCCNC3)c12. The van der Waals surface area contributed by atoms with E-state index in [1.165, 1.54) is 0 Å². The Balaban J connectivity index is 1.57. The first-order valence-corrected chi connectivity index (χ1v) is 11.1. The molecular weight excluding hydrogens is 398 g/mol. The smallest absolute Gasteiger partial charge is 0.259 e. The van der Waals surface area contributed by atoms with Crippen molar-refractivity contribution in [3.05, 3.63) is 78.2 Å². The Kier molecular flexibility index (Phi) is 5.45. The molecule has 6 heteroatoms. The number of nitrogens with one attached hydrogen (secondary N) is 1. The van der Waals surface area contributed by atoms with Crippen LogP contribution in [-0.4, -0.2) is 39.8 Å². The van der Waals surface area contributed by atoms with Crippen LogP contribution in [0.1, 0.15) is 28.8 Å². The summed E-state index contributed by atoms with van der Waals surface area (Å²) in [5.41, 5.74) is 3.86. The van der Waals surface area contributed by atoms with Crippen molar-refractivity contribution in [2.75, 3.05) is 18.0 Å². The minimum atomic E-state index is -0.0142. The molecule has 0 bridgehead atoms. The second kappa shape index (κ2) is 8.55. The number of amides is 1. The molecule has 0 spiro atoms. The van der Waals surface area contributed by atoms with Crippen molar-refractivity contribution in [1.29, 1.82) is 0 Å². The number of nitrogens with zero attached hydrogens (tertiary/aromatic N) is 4. The molecule has 32 heavy (non-hydrogen) atoms. The van der Waals surface area contributed by atoms with Crippen LogP contribution < -0.4 is 10.2 Å². The maximum Gasteiger partial charge on any atom is 0.259 e. The van der Waals surface area contributed by atoms with Crippen molar-refractivity contribution in [2.24, 2.45) is 7.05 Å². The highest BCUT2D eigenvalue weighted by Gasteiger charge is 2.30. The van der Waals surface area contributed by atoms with Gasteiger partial charge in [-0.15, -0.1) is 0 Å². The van der Waals surface area contributed by atoms with E-state index in [0.717, 1.165) is 59.2 Å². The summed E-state index contributed by atoms with van der Waals surface area (Å²) in [5.74, 6) is 0.732. The Bertz CT molecular complexity index is 1250. The van der Waals surface area contributed by atoms with Crippen molar-refractivity contribution in [3.8, 4) is 11.1 Å². The van der Waals surface area contributed by atoms with E-state index in [9.17, 15) is 4.79 Å². The Morgan fingerprint density at radius 2 is 1.97 bits per heavy atom. The van der Waals surface area contributed by atoms with Gasteiger partial charge in [-0.1, -0.05) is 30.3 Å². The first-order chi connectivity index (χ1) is 15.6. The summed E-state index contributed by atoms with van der Waals surface area (Å²) >= 11 is 0. The molecule has 0 radical (unpaired) electrons. The van der Waals surface area contributed by atoms with Gasteiger partial charge >= 0.3 is 0 Å². The minimum absolute atomic E-state index is 0.0142. The fourth-order valence-electron chi connectivity index (χ4n) is 4.57. The molecule has 1 atom stereocenters. The van der Waals surface area contributed by atoms with Gasteiger partial charge in [0, 0.05) is 42.5 Å². The first-order valence-electron chi connectivity index (χ1n) is 11.1. The second-order valence-electron chi connectivity index (χ2n) is 8.46. The fraction of sp³-hybridized carbons (Fsp3) is 0.269. The van der Waals surface area contributed by atoms with Crippen LogP contribution in [0.25, 0.3) is 21.9 Å². The van der Waals surface area contributed by atoms with E-state index in [0.29, 0.717) is 5.56 Å². The zero-order valence-electron chi connectivity index (χ0n) is 18.5. The van der Waals surface area contributed by atoms with Gasteiger partial charge in [0.15, 0.2) is 0 Å². The van der Waals surface area contributed by atoms with Crippen LogP contribution in [0.4, 0.5) is 5.82 Å². The van der Waals surface area contributed by atoms with E-state index in [1.54, 1.807) is 10.9 Å². The van der Waals surface area contributed by atoms with Gasteiger partial charge < -0.3 is 5.32 Å². The Morgan fingerprint density at radius 3 is 2.69 bits per heavy atom. The van der Waals surface area contributed by atoms with E-state index in [1.807, 2.05) is 60.7 Å². The number of carbonyl (C=O) groups is 1. The summed E-state index contributed by atoms with van der Waals surface area (Å²) < 4.78 is 1.78. The molecule has 1 saturated heterocycles. The maximum atomic E-state index is 13.9. The van der Waals surface area contributed by atoms with Crippen molar-refractivity contribution in [2.45, 2.75) is 25.8 Å². The average Bonchev–Trinajstić information content (AvgIpc) is 3.26. The Morgan fingerprint density at radius 1 is 1.12 bits per heavy atom. The molecule has 1 fully saturated rings. The molecule has 3 heterocycles. The molecule has 1 amide bonds. The lowest BCUT2D eigenvalue weighted by atomic mass is 10.0. The summed E-state index contributed by atoms with van der Waals surface area (Å²) in [6.45, 7) is 3.84. The highest BCUT2D eigenvalue weighted by Crippen LogP contribution is 2.31. The van der Waals surface area contributed by atoms with Crippen LogP contribution in [0.3, 0.4) is 0 Å². The summed E-state index contributed by atoms with van der Waals surface area (Å²) in [4.78, 5) is 20.5. The molecule has 2 aromatic carbocycles. The van der Waals surface area contributed by atoms with Crippen LogP contribution in [0.15, 0.2) is 67.1 Å². The number of hydrogen-bond donors (Lipinski definition) is 1. The van der Waals surface area contributed by atoms with Gasteiger partial charge in [0.2, 0.25) is 0 Å². The third-order valence-corrected chi connectivity index (χ3v) is 6.23. The van der Waals surface area contributed by atoms with Gasteiger partial charge in [0.1, 0.15) is 5.82 Å². The largest absolute Gasteiger partial charge is 0.315 e. The minimum Gasteiger partial charge on any atom is -0.315 e. The number of rotatable bonds is 4. The number of aryl methyl sites for hydroxylation is 2. The molecule has 0 unspecified atom stereocenters. The third kappa shape index (κ3) is 3.78. The predicted molar refractivity (Wildman–Crippen MR) is 128 cm³/mol. The number of pyridine rings is 1. The number of anilines is 1. The summed E-state index contributed by atoms with van der Waals surface area (Å²) in [6, 6.07) is 16.1. The van der Waals surface area contributed by atoms with Crippen molar-refractivity contribution in [1.82, 2.24) is 20.1 Å². The van der Waals surface area contributed by atoms with Gasteiger partial charge in [-0.2, -0.15) is 5.10 Å². The standard InChI is InChI=1S/C26H27N5O/c1-18-5-3-6-20-12-14-28-25(24(18)20)31(23-7-4-13-27-16-23)26(32)21-10-8-19(9-11-21)22-15-29-30(2)17-22/h3,5-6,8-12,14-15,17,23,27H,4,7,13,16H2,1-2H3/t23-/m1/s1. The number of carbonyl (C=O) groups excluding carboxylic acids is 1. The Labute approximate surface area is 187 Å². The van der Waals surface area contributed by atoms with E-state index >= 15 is 0 Å². The fourth-order valence-corrected chi connectivity index (χ4v) is 4.57. The number of aromatic nitrogens is 3. The first kappa shape index (κ1) is 20.4. The molecule has 0 aliphatic carbocycles. The molecule has 4 aromatic rings. The Hall–Kier alpha value is -3.51. The summed E-state index contributed by atoms with van der Waals surface area (Å²) in [6.07, 6.45) is 7.60. The molecule has 162 valence electrons. The molecule has 2 aromatic heterocycles.